The Bertz CT molecular complexity index is 588. The Morgan fingerprint density at radius 1 is 1.21 bits per heavy atom. The molecule has 0 atom stereocenters. The van der Waals surface area contributed by atoms with E-state index in [1.54, 1.807) is 6.92 Å². The topological polar surface area (TPSA) is 17.8 Å². The second-order valence-electron chi connectivity index (χ2n) is 4.77. The highest BCUT2D eigenvalue weighted by molar-refractivity contribution is 5.64. The highest BCUT2D eigenvalue weighted by Crippen LogP contribution is 2.31. The monoisotopic (exact) mass is 268 g/mol. The molecule has 1 aromatic heterocycles. The van der Waals surface area contributed by atoms with Crippen LogP contribution in [0.1, 0.15) is 37.4 Å². The smallest absolute Gasteiger partial charge is 0.267 e. The first-order valence-electron chi connectivity index (χ1n) is 6.04. The van der Waals surface area contributed by atoms with Crippen molar-refractivity contribution in [3.8, 4) is 11.3 Å². The van der Waals surface area contributed by atoms with Crippen molar-refractivity contribution in [2.75, 3.05) is 0 Å². The minimum Gasteiger partial charge on any atom is -0.269 e. The van der Waals surface area contributed by atoms with Gasteiger partial charge in [0.05, 0.1) is 5.56 Å². The number of benzene rings is 1. The molecule has 2 aromatic rings. The van der Waals surface area contributed by atoms with Gasteiger partial charge in [-0.25, -0.2) is 13.2 Å². The molecule has 0 saturated carbocycles. The summed E-state index contributed by atoms with van der Waals surface area (Å²) in [6.07, 6.45) is -1.25. The third kappa shape index (κ3) is 2.64. The van der Waals surface area contributed by atoms with E-state index in [4.69, 9.17) is 0 Å². The van der Waals surface area contributed by atoms with Crippen LogP contribution in [0.4, 0.5) is 13.2 Å². The van der Waals surface area contributed by atoms with Gasteiger partial charge < -0.3 is 0 Å². The molecule has 0 aliphatic rings. The van der Waals surface area contributed by atoms with Crippen LogP contribution >= 0.6 is 0 Å². The average molecular weight is 268 g/mol. The summed E-state index contributed by atoms with van der Waals surface area (Å²) in [5.74, 6) is -0.356. The lowest BCUT2D eigenvalue weighted by Gasteiger charge is -2.04. The van der Waals surface area contributed by atoms with Crippen molar-refractivity contribution in [3.63, 3.8) is 0 Å². The van der Waals surface area contributed by atoms with E-state index in [0.717, 1.165) is 0 Å². The molecule has 1 aromatic carbocycles. The van der Waals surface area contributed by atoms with Gasteiger partial charge in [0.2, 0.25) is 0 Å². The van der Waals surface area contributed by atoms with E-state index in [2.05, 4.69) is 5.10 Å². The van der Waals surface area contributed by atoms with Crippen molar-refractivity contribution in [2.45, 2.75) is 33.2 Å². The van der Waals surface area contributed by atoms with Crippen molar-refractivity contribution < 1.29 is 13.2 Å². The van der Waals surface area contributed by atoms with Crippen LogP contribution in [0.15, 0.2) is 24.4 Å². The molecular weight excluding hydrogens is 253 g/mol. The van der Waals surface area contributed by atoms with Crippen LogP contribution in [0, 0.1) is 12.7 Å². The Morgan fingerprint density at radius 3 is 2.42 bits per heavy atom. The predicted octanol–water partition coefficient (Wildman–Crippen LogP) is 4.52. The van der Waals surface area contributed by atoms with E-state index in [-0.39, 0.29) is 23.1 Å². The van der Waals surface area contributed by atoms with E-state index < -0.39 is 6.43 Å². The van der Waals surface area contributed by atoms with E-state index in [1.165, 1.54) is 29.1 Å². The molecule has 5 heteroatoms. The second kappa shape index (κ2) is 5.07. The van der Waals surface area contributed by atoms with Gasteiger partial charge in [-0.15, -0.1) is 0 Å². The summed E-state index contributed by atoms with van der Waals surface area (Å²) in [7, 11) is 0. The van der Waals surface area contributed by atoms with Gasteiger partial charge in [-0.3, -0.25) is 4.68 Å². The number of halogens is 3. The lowest BCUT2D eigenvalue weighted by molar-refractivity contribution is 0.152. The number of rotatable bonds is 3. The summed E-state index contributed by atoms with van der Waals surface area (Å²) in [4.78, 5) is 0. The summed E-state index contributed by atoms with van der Waals surface area (Å²) in [6, 6.07) is 4.27. The van der Waals surface area contributed by atoms with E-state index in [1.807, 2.05) is 13.8 Å². The van der Waals surface area contributed by atoms with Gasteiger partial charge >= 0.3 is 0 Å². The minimum absolute atomic E-state index is 0.00667. The van der Waals surface area contributed by atoms with Gasteiger partial charge in [-0.1, -0.05) is 0 Å². The first kappa shape index (κ1) is 13.6. The summed E-state index contributed by atoms with van der Waals surface area (Å²) < 4.78 is 40.8. The van der Waals surface area contributed by atoms with Gasteiger partial charge in [0.25, 0.3) is 6.43 Å². The molecule has 0 saturated heterocycles. The first-order chi connectivity index (χ1) is 8.90. The van der Waals surface area contributed by atoms with Crippen LogP contribution in [-0.4, -0.2) is 9.78 Å². The number of hydrogen-bond acceptors (Lipinski definition) is 1. The van der Waals surface area contributed by atoms with Gasteiger partial charge in [0, 0.05) is 17.8 Å². The highest BCUT2D eigenvalue weighted by atomic mass is 19.3. The van der Waals surface area contributed by atoms with Crippen LogP contribution in [0.3, 0.4) is 0 Å². The second-order valence-corrected chi connectivity index (χ2v) is 4.77. The molecule has 0 bridgehead atoms. The number of alkyl halides is 2. The Labute approximate surface area is 109 Å². The van der Waals surface area contributed by atoms with E-state index >= 15 is 0 Å². The molecule has 102 valence electrons. The number of hydrogen-bond donors (Lipinski definition) is 0. The van der Waals surface area contributed by atoms with Crippen LogP contribution in [0.25, 0.3) is 11.3 Å². The highest BCUT2D eigenvalue weighted by Gasteiger charge is 2.20. The fourth-order valence-corrected chi connectivity index (χ4v) is 1.85. The molecule has 2 rings (SSSR count). The van der Waals surface area contributed by atoms with Crippen molar-refractivity contribution >= 4 is 0 Å². The standard InChI is InChI=1S/C14H15F3N2/c1-8(2)19-7-11(14(16)17)13(18-19)10-4-5-12(15)9(3)6-10/h4-8,14H,1-3H3. The maximum Gasteiger partial charge on any atom is 0.267 e. The van der Waals surface area contributed by atoms with Crippen LogP contribution in [0.2, 0.25) is 0 Å². The molecule has 0 radical (unpaired) electrons. The molecule has 2 nitrogen and oxygen atoms in total. The fourth-order valence-electron chi connectivity index (χ4n) is 1.85. The summed E-state index contributed by atoms with van der Waals surface area (Å²) >= 11 is 0. The number of aromatic nitrogens is 2. The van der Waals surface area contributed by atoms with Crippen molar-refractivity contribution in [3.05, 3.63) is 41.3 Å². The van der Waals surface area contributed by atoms with E-state index in [9.17, 15) is 13.2 Å². The zero-order chi connectivity index (χ0) is 14.2. The summed E-state index contributed by atoms with van der Waals surface area (Å²) in [6.45, 7) is 5.32. The lowest BCUT2D eigenvalue weighted by atomic mass is 10.1. The van der Waals surface area contributed by atoms with Crippen LogP contribution < -0.4 is 0 Å². The first-order valence-corrected chi connectivity index (χ1v) is 6.04. The summed E-state index contributed by atoms with van der Waals surface area (Å²) in [5.41, 5.74) is 1.01. The SMILES string of the molecule is Cc1cc(-c2nn(C(C)C)cc2C(F)F)ccc1F. The zero-order valence-corrected chi connectivity index (χ0v) is 11.0. The largest absolute Gasteiger partial charge is 0.269 e. The number of aryl methyl sites for hydroxylation is 1. The van der Waals surface area contributed by atoms with Crippen molar-refractivity contribution in [1.82, 2.24) is 9.78 Å². The molecule has 0 spiro atoms. The van der Waals surface area contributed by atoms with Crippen molar-refractivity contribution in [1.29, 1.82) is 0 Å². The molecular formula is C14H15F3N2. The normalized spacial score (nSPS) is 11.6. The molecule has 19 heavy (non-hydrogen) atoms. The fraction of sp³-hybridized carbons (Fsp3) is 0.357. The molecule has 0 N–H and O–H groups in total. The van der Waals surface area contributed by atoms with Gasteiger partial charge in [0.15, 0.2) is 0 Å². The Morgan fingerprint density at radius 2 is 1.89 bits per heavy atom. The Balaban J connectivity index is 2.56. The average Bonchev–Trinajstić information content (AvgIpc) is 2.78. The van der Waals surface area contributed by atoms with Crippen LogP contribution in [0.5, 0.6) is 0 Å². The third-order valence-corrected chi connectivity index (χ3v) is 2.96. The maximum absolute atomic E-state index is 13.2. The third-order valence-electron chi connectivity index (χ3n) is 2.96. The van der Waals surface area contributed by atoms with Crippen molar-refractivity contribution in [2.24, 2.45) is 0 Å². The molecule has 0 aliphatic heterocycles. The molecule has 0 fully saturated rings. The lowest BCUT2D eigenvalue weighted by Crippen LogP contribution is -2.00. The molecule has 1 heterocycles. The predicted molar refractivity (Wildman–Crippen MR) is 67.7 cm³/mol. The van der Waals surface area contributed by atoms with Gasteiger partial charge in [-0.05, 0) is 44.5 Å². The molecule has 0 aliphatic carbocycles. The van der Waals surface area contributed by atoms with Gasteiger partial charge in [-0.2, -0.15) is 5.10 Å². The Kier molecular flexibility index (Phi) is 3.64. The summed E-state index contributed by atoms with van der Waals surface area (Å²) in [5, 5.41) is 4.19. The van der Waals surface area contributed by atoms with Gasteiger partial charge in [0.1, 0.15) is 11.5 Å². The minimum atomic E-state index is -2.60. The molecule has 0 unspecified atom stereocenters. The quantitative estimate of drug-likeness (QED) is 0.800. The maximum atomic E-state index is 13.2. The molecule has 0 amide bonds. The Hall–Kier alpha value is -1.78. The van der Waals surface area contributed by atoms with Crippen LogP contribution in [-0.2, 0) is 0 Å². The van der Waals surface area contributed by atoms with E-state index in [0.29, 0.717) is 11.1 Å². The zero-order valence-electron chi connectivity index (χ0n) is 11.0. The number of nitrogens with zero attached hydrogens (tertiary/aromatic N) is 2.